The van der Waals surface area contributed by atoms with E-state index in [4.69, 9.17) is 10.1 Å². The van der Waals surface area contributed by atoms with Crippen LogP contribution in [0, 0.1) is 12.7 Å². The number of aromatic nitrogens is 3. The van der Waals surface area contributed by atoms with Crippen molar-refractivity contribution in [2.45, 2.75) is 26.8 Å². The second-order valence-electron chi connectivity index (χ2n) is 9.98. The van der Waals surface area contributed by atoms with E-state index in [1.54, 1.807) is 31.1 Å². The fourth-order valence-corrected chi connectivity index (χ4v) is 5.84. The van der Waals surface area contributed by atoms with Gasteiger partial charge >= 0.3 is 0 Å². The second-order valence-corrected chi connectivity index (χ2v) is 10.8. The van der Waals surface area contributed by atoms with Gasteiger partial charge in [-0.05, 0) is 63.2 Å². The zero-order chi connectivity index (χ0) is 28.8. The third-order valence-electron chi connectivity index (χ3n) is 7.11. The Morgan fingerprint density at radius 3 is 2.29 bits per heavy atom. The quantitative estimate of drug-likeness (QED) is 0.286. The molecule has 0 bridgehead atoms. The number of carbonyl (C=O) groups excluding carboxylic acids is 1. The second kappa shape index (κ2) is 10.3. The topological polar surface area (TPSA) is 76.9 Å². The van der Waals surface area contributed by atoms with Gasteiger partial charge in [-0.15, -0.1) is 11.3 Å². The number of carbonyl (C=O) groups is 1. The van der Waals surface area contributed by atoms with Crippen LogP contribution in [0.25, 0.3) is 16.9 Å². The summed E-state index contributed by atoms with van der Waals surface area (Å²) in [5, 5.41) is 6.71. The lowest BCUT2D eigenvalue weighted by Gasteiger charge is -2.20. The van der Waals surface area contributed by atoms with E-state index < -0.39 is 0 Å². The summed E-state index contributed by atoms with van der Waals surface area (Å²) in [6.07, 6.45) is 0. The molecule has 0 saturated carbocycles. The molecule has 10 heteroatoms. The number of fused-ring (bicyclic) bond motifs is 1. The van der Waals surface area contributed by atoms with Crippen molar-refractivity contribution in [2.75, 3.05) is 4.90 Å². The first-order chi connectivity index (χ1) is 19.8. The molecular formula is C31H27FN6O2S. The van der Waals surface area contributed by atoms with Crippen molar-refractivity contribution in [1.82, 2.24) is 14.0 Å². The summed E-state index contributed by atoms with van der Waals surface area (Å²) in [5.41, 5.74) is 4.45. The van der Waals surface area contributed by atoms with Gasteiger partial charge in [0, 0.05) is 29.6 Å². The number of nitrogens with zero attached hydrogens (tertiary/aromatic N) is 6. The first-order valence-electron chi connectivity index (χ1n) is 13.1. The van der Waals surface area contributed by atoms with E-state index in [1.165, 1.54) is 23.5 Å². The summed E-state index contributed by atoms with van der Waals surface area (Å²) >= 11 is 1.28. The molecule has 8 nitrogen and oxygen atoms in total. The normalized spacial score (nSPS) is 14.5. The van der Waals surface area contributed by atoms with Crippen LogP contribution in [0.4, 0.5) is 15.8 Å². The number of anilines is 1. The van der Waals surface area contributed by atoms with E-state index in [1.807, 2.05) is 87.8 Å². The number of rotatable bonds is 5. The Kier molecular flexibility index (Phi) is 6.63. The zero-order valence-corrected chi connectivity index (χ0v) is 23.8. The fraction of sp³-hybridized carbons (Fsp3) is 0.161. The highest BCUT2D eigenvalue weighted by Crippen LogP contribution is 2.31. The van der Waals surface area contributed by atoms with E-state index in [2.05, 4.69) is 0 Å². The van der Waals surface area contributed by atoms with Crippen molar-refractivity contribution in [3.8, 4) is 16.9 Å². The van der Waals surface area contributed by atoms with E-state index in [0.717, 1.165) is 11.4 Å². The van der Waals surface area contributed by atoms with Gasteiger partial charge in [0.05, 0.1) is 22.8 Å². The molecule has 0 unspecified atom stereocenters. The fourth-order valence-electron chi connectivity index (χ4n) is 5.00. The van der Waals surface area contributed by atoms with Crippen molar-refractivity contribution >= 4 is 34.3 Å². The Morgan fingerprint density at radius 2 is 1.59 bits per heavy atom. The molecule has 5 aromatic rings. The van der Waals surface area contributed by atoms with Gasteiger partial charge in [-0.1, -0.05) is 36.4 Å². The monoisotopic (exact) mass is 566 g/mol. The first kappa shape index (κ1) is 26.4. The summed E-state index contributed by atoms with van der Waals surface area (Å²) in [6.45, 7) is 5.74. The molecule has 2 aromatic heterocycles. The zero-order valence-electron chi connectivity index (χ0n) is 22.9. The van der Waals surface area contributed by atoms with Crippen molar-refractivity contribution < 1.29 is 9.18 Å². The lowest BCUT2D eigenvalue weighted by Crippen LogP contribution is -2.36. The summed E-state index contributed by atoms with van der Waals surface area (Å²) < 4.78 is 18.7. The highest BCUT2D eigenvalue weighted by Gasteiger charge is 2.35. The van der Waals surface area contributed by atoms with Gasteiger partial charge in [-0.25, -0.2) is 18.7 Å². The van der Waals surface area contributed by atoms with E-state index >= 15 is 0 Å². The number of thiazole rings is 1. The SMILES string of the molecule is Cc1c(N=c2scc(-c3ccc(F)cc3)n2N=C2C(=O)N(C(C)C)c3ccccc32)c(=O)n(-c2ccccc2)n1C. The van der Waals surface area contributed by atoms with Crippen LogP contribution in [0.1, 0.15) is 25.1 Å². The van der Waals surface area contributed by atoms with E-state index in [9.17, 15) is 14.0 Å². The number of halogens is 1. The first-order valence-corrected chi connectivity index (χ1v) is 14.0. The van der Waals surface area contributed by atoms with Crippen LogP contribution >= 0.6 is 11.3 Å². The van der Waals surface area contributed by atoms with Crippen molar-refractivity contribution in [1.29, 1.82) is 0 Å². The molecular weight excluding hydrogens is 539 g/mol. The van der Waals surface area contributed by atoms with Crippen LogP contribution in [-0.4, -0.2) is 31.7 Å². The molecule has 1 aliphatic heterocycles. The highest BCUT2D eigenvalue weighted by atomic mass is 32.1. The summed E-state index contributed by atoms with van der Waals surface area (Å²) in [6, 6.07) is 22.9. The molecule has 0 fully saturated rings. The predicted octanol–water partition coefficient (Wildman–Crippen LogP) is 5.39. The molecule has 0 aliphatic carbocycles. The predicted molar refractivity (Wildman–Crippen MR) is 160 cm³/mol. The Morgan fingerprint density at radius 1 is 0.902 bits per heavy atom. The molecule has 0 N–H and O–H groups in total. The van der Waals surface area contributed by atoms with Crippen molar-refractivity contribution in [3.63, 3.8) is 0 Å². The Hall–Kier alpha value is -4.83. The Bertz CT molecular complexity index is 1950. The molecule has 1 amide bonds. The summed E-state index contributed by atoms with van der Waals surface area (Å²) in [5.74, 6) is -0.584. The number of hydrogen-bond donors (Lipinski definition) is 0. The molecule has 0 atom stereocenters. The van der Waals surface area contributed by atoms with E-state index in [-0.39, 0.29) is 34.7 Å². The lowest BCUT2D eigenvalue weighted by molar-refractivity contribution is -0.112. The molecule has 6 rings (SSSR count). The van der Waals surface area contributed by atoms with Gasteiger partial charge in [-0.3, -0.25) is 14.3 Å². The maximum Gasteiger partial charge on any atom is 0.297 e. The molecule has 0 saturated heterocycles. The van der Waals surface area contributed by atoms with Crippen molar-refractivity contribution in [3.05, 3.63) is 116 Å². The number of amides is 1. The highest BCUT2D eigenvalue weighted by molar-refractivity contribution is 7.07. The number of para-hydroxylation sites is 2. The van der Waals surface area contributed by atoms with Gasteiger partial charge in [0.25, 0.3) is 11.5 Å². The van der Waals surface area contributed by atoms with Crippen molar-refractivity contribution in [2.24, 2.45) is 17.1 Å². The third-order valence-corrected chi connectivity index (χ3v) is 7.93. The minimum absolute atomic E-state index is 0.0760. The molecule has 3 heterocycles. The average Bonchev–Trinajstić information content (AvgIpc) is 3.56. The average molecular weight is 567 g/mol. The third kappa shape index (κ3) is 4.46. The molecule has 206 valence electrons. The minimum Gasteiger partial charge on any atom is -0.304 e. The van der Waals surface area contributed by atoms with Gasteiger partial charge < -0.3 is 4.90 Å². The number of hydrogen-bond acceptors (Lipinski definition) is 5. The van der Waals surface area contributed by atoms with Crippen LogP contribution < -0.4 is 15.3 Å². The molecule has 0 radical (unpaired) electrons. The van der Waals surface area contributed by atoms with Gasteiger partial charge in [0.15, 0.2) is 11.4 Å². The molecule has 0 spiro atoms. The largest absolute Gasteiger partial charge is 0.304 e. The standard InChI is InChI=1S/C31H27FN6O2S/c1-19(2)36-25-13-9-8-12-24(25)28(29(36)39)34-37-26(21-14-16-22(32)17-15-21)18-41-31(37)33-27-20(3)35(4)38(30(27)40)23-10-6-5-7-11-23/h5-19H,1-4H3. The van der Waals surface area contributed by atoms with Crippen LogP contribution in [-0.2, 0) is 11.8 Å². The maximum absolute atomic E-state index is 13.8. The molecule has 41 heavy (non-hydrogen) atoms. The van der Waals surface area contributed by atoms with Crippen LogP contribution in [0.3, 0.4) is 0 Å². The molecule has 1 aliphatic rings. The smallest absolute Gasteiger partial charge is 0.297 e. The lowest BCUT2D eigenvalue weighted by atomic mass is 10.1. The van der Waals surface area contributed by atoms with Crippen LogP contribution in [0.2, 0.25) is 0 Å². The molecule has 3 aromatic carbocycles. The van der Waals surface area contributed by atoms with Crippen LogP contribution in [0.5, 0.6) is 0 Å². The maximum atomic E-state index is 13.8. The Labute approximate surface area is 239 Å². The van der Waals surface area contributed by atoms with Crippen LogP contribution in [0.15, 0.2) is 99.1 Å². The van der Waals surface area contributed by atoms with Gasteiger partial charge in [0.1, 0.15) is 5.82 Å². The summed E-state index contributed by atoms with van der Waals surface area (Å²) in [7, 11) is 1.81. The van der Waals surface area contributed by atoms with E-state index in [0.29, 0.717) is 27.3 Å². The summed E-state index contributed by atoms with van der Waals surface area (Å²) in [4.78, 5) is 34.2. The Balaban J connectivity index is 1.60. The van der Waals surface area contributed by atoms with Gasteiger partial charge in [0.2, 0.25) is 4.80 Å². The van der Waals surface area contributed by atoms with Gasteiger partial charge in [-0.2, -0.15) is 5.10 Å². The minimum atomic E-state index is -0.361. The number of benzene rings is 3.